The van der Waals surface area contributed by atoms with Crippen LogP contribution in [0.4, 0.5) is 0 Å². The first-order chi connectivity index (χ1) is 9.19. The highest BCUT2D eigenvalue weighted by Crippen LogP contribution is 2.33. The van der Waals surface area contributed by atoms with E-state index in [-0.39, 0.29) is 11.8 Å². The first-order valence-electron chi connectivity index (χ1n) is 6.12. The summed E-state index contributed by atoms with van der Waals surface area (Å²) < 4.78 is 10.3. The number of hydrogen-bond donors (Lipinski definition) is 1. The van der Waals surface area contributed by atoms with Crippen molar-refractivity contribution in [1.82, 2.24) is 5.32 Å². The van der Waals surface area contributed by atoms with E-state index in [1.54, 1.807) is 25.3 Å². The molecule has 100 valence electrons. The minimum atomic E-state index is -0.417. The Labute approximate surface area is 112 Å². The van der Waals surface area contributed by atoms with Crippen molar-refractivity contribution in [3.05, 3.63) is 23.8 Å². The van der Waals surface area contributed by atoms with Crippen molar-refractivity contribution in [3.8, 4) is 17.6 Å². The molecule has 1 aliphatic carbocycles. The summed E-state index contributed by atoms with van der Waals surface area (Å²) in [6, 6.07) is 6.68. The summed E-state index contributed by atoms with van der Waals surface area (Å²) in [5, 5.41) is 11.8. The van der Waals surface area contributed by atoms with Crippen molar-refractivity contribution in [3.63, 3.8) is 0 Å². The van der Waals surface area contributed by atoms with Gasteiger partial charge >= 0.3 is 0 Å². The van der Waals surface area contributed by atoms with Crippen molar-refractivity contribution in [2.24, 2.45) is 5.92 Å². The second-order valence-corrected chi connectivity index (χ2v) is 4.48. The molecule has 0 aliphatic heterocycles. The van der Waals surface area contributed by atoms with Gasteiger partial charge in [-0.2, -0.15) is 5.26 Å². The molecular formula is C14H16N2O3. The second-order valence-electron chi connectivity index (χ2n) is 4.48. The number of carbonyl (C=O) groups excluding carboxylic acids is 1. The van der Waals surface area contributed by atoms with E-state index in [0.29, 0.717) is 17.1 Å². The van der Waals surface area contributed by atoms with Crippen LogP contribution in [0.5, 0.6) is 11.5 Å². The number of amides is 1. The molecule has 1 aromatic carbocycles. The Kier molecular flexibility index (Phi) is 3.91. The van der Waals surface area contributed by atoms with Crippen LogP contribution < -0.4 is 14.8 Å². The molecule has 0 heterocycles. The van der Waals surface area contributed by atoms with E-state index in [1.807, 2.05) is 0 Å². The molecule has 1 saturated carbocycles. The number of ether oxygens (including phenoxy) is 2. The van der Waals surface area contributed by atoms with E-state index in [2.05, 4.69) is 11.4 Å². The first-order valence-corrected chi connectivity index (χ1v) is 6.12. The maximum Gasteiger partial charge on any atom is 0.256 e. The summed E-state index contributed by atoms with van der Waals surface area (Å²) in [4.78, 5) is 12.1. The Bertz CT molecular complexity index is 518. The van der Waals surface area contributed by atoms with Gasteiger partial charge in [0, 0.05) is 6.07 Å². The van der Waals surface area contributed by atoms with Crippen LogP contribution in [0.3, 0.4) is 0 Å². The number of methoxy groups -OCH3 is 2. The van der Waals surface area contributed by atoms with Crippen LogP contribution in [0.2, 0.25) is 0 Å². The highest BCUT2D eigenvalue weighted by Gasteiger charge is 2.32. The van der Waals surface area contributed by atoms with Crippen molar-refractivity contribution in [2.45, 2.75) is 18.9 Å². The van der Waals surface area contributed by atoms with Gasteiger partial charge in [-0.05, 0) is 30.9 Å². The van der Waals surface area contributed by atoms with Gasteiger partial charge in [0.25, 0.3) is 5.91 Å². The summed E-state index contributed by atoms with van der Waals surface area (Å²) in [7, 11) is 3.04. The molecule has 1 aromatic rings. The molecule has 0 spiro atoms. The summed E-state index contributed by atoms with van der Waals surface area (Å²) in [6.07, 6.45) is 2.00. The largest absolute Gasteiger partial charge is 0.497 e. The van der Waals surface area contributed by atoms with Crippen molar-refractivity contribution < 1.29 is 14.3 Å². The van der Waals surface area contributed by atoms with E-state index in [4.69, 9.17) is 14.7 Å². The summed E-state index contributed by atoms with van der Waals surface area (Å²) in [5.41, 5.74) is 0.407. The molecule has 1 N–H and O–H groups in total. The Morgan fingerprint density at radius 2 is 2.16 bits per heavy atom. The minimum absolute atomic E-state index is 0.290. The van der Waals surface area contributed by atoms with E-state index >= 15 is 0 Å². The molecule has 2 rings (SSSR count). The molecule has 0 aromatic heterocycles. The van der Waals surface area contributed by atoms with Crippen molar-refractivity contribution in [1.29, 1.82) is 5.26 Å². The van der Waals surface area contributed by atoms with E-state index in [1.165, 1.54) is 7.11 Å². The number of nitrogens with one attached hydrogen (secondary N) is 1. The van der Waals surface area contributed by atoms with Gasteiger partial charge in [-0.25, -0.2) is 0 Å². The van der Waals surface area contributed by atoms with Gasteiger partial charge in [0.1, 0.15) is 17.5 Å². The predicted octanol–water partition coefficient (Wildman–Crippen LogP) is 1.74. The summed E-state index contributed by atoms with van der Waals surface area (Å²) >= 11 is 0. The molecule has 0 saturated heterocycles. The molecule has 1 fully saturated rings. The number of rotatable bonds is 5. The maximum atomic E-state index is 12.1. The Morgan fingerprint density at radius 1 is 1.42 bits per heavy atom. The third kappa shape index (κ3) is 2.97. The normalized spacial score (nSPS) is 15.2. The molecule has 0 radical (unpaired) electrons. The lowest BCUT2D eigenvalue weighted by atomic mass is 10.1. The van der Waals surface area contributed by atoms with Gasteiger partial charge in [-0.1, -0.05) is 0 Å². The number of carbonyl (C=O) groups is 1. The Hall–Kier alpha value is -2.22. The van der Waals surface area contributed by atoms with Gasteiger partial charge < -0.3 is 14.8 Å². The molecule has 1 unspecified atom stereocenters. The molecule has 1 aliphatic rings. The Morgan fingerprint density at radius 3 is 2.68 bits per heavy atom. The van der Waals surface area contributed by atoms with Crippen LogP contribution >= 0.6 is 0 Å². The number of nitriles is 1. The third-order valence-corrected chi connectivity index (χ3v) is 3.17. The topological polar surface area (TPSA) is 71.3 Å². The molecule has 1 amide bonds. The predicted molar refractivity (Wildman–Crippen MR) is 69.1 cm³/mol. The van der Waals surface area contributed by atoms with E-state index in [0.717, 1.165) is 12.8 Å². The molecule has 19 heavy (non-hydrogen) atoms. The number of hydrogen-bond acceptors (Lipinski definition) is 4. The van der Waals surface area contributed by atoms with Gasteiger partial charge in [-0.3, -0.25) is 4.79 Å². The molecule has 5 nitrogen and oxygen atoms in total. The van der Waals surface area contributed by atoms with Gasteiger partial charge in [0.2, 0.25) is 0 Å². The van der Waals surface area contributed by atoms with E-state index < -0.39 is 6.04 Å². The highest BCUT2D eigenvalue weighted by atomic mass is 16.5. The number of benzene rings is 1. The fourth-order valence-electron chi connectivity index (χ4n) is 1.89. The maximum absolute atomic E-state index is 12.1. The lowest BCUT2D eigenvalue weighted by molar-refractivity contribution is 0.0939. The van der Waals surface area contributed by atoms with Gasteiger partial charge in [-0.15, -0.1) is 0 Å². The average Bonchev–Trinajstić information content (AvgIpc) is 3.28. The SMILES string of the molecule is COc1ccc(C(=O)NC(C#N)C2CC2)c(OC)c1. The quantitative estimate of drug-likeness (QED) is 0.875. The van der Waals surface area contributed by atoms with Crippen LogP contribution in [0.15, 0.2) is 18.2 Å². The van der Waals surface area contributed by atoms with Crippen LogP contribution in [0.25, 0.3) is 0 Å². The number of nitrogens with zero attached hydrogens (tertiary/aromatic N) is 1. The third-order valence-electron chi connectivity index (χ3n) is 3.17. The monoisotopic (exact) mass is 260 g/mol. The molecule has 5 heteroatoms. The van der Waals surface area contributed by atoms with Crippen LogP contribution in [0.1, 0.15) is 23.2 Å². The smallest absolute Gasteiger partial charge is 0.256 e. The summed E-state index contributed by atoms with van der Waals surface area (Å²) in [5.74, 6) is 1.05. The minimum Gasteiger partial charge on any atom is -0.497 e. The molecule has 0 bridgehead atoms. The van der Waals surface area contributed by atoms with Crippen molar-refractivity contribution >= 4 is 5.91 Å². The zero-order valence-corrected chi connectivity index (χ0v) is 11.0. The standard InChI is InChI=1S/C14H16N2O3/c1-18-10-5-6-11(13(7-10)19-2)14(17)16-12(8-15)9-3-4-9/h5-7,9,12H,3-4H2,1-2H3,(H,16,17). The average molecular weight is 260 g/mol. The first kappa shape index (κ1) is 13.2. The summed E-state index contributed by atoms with van der Waals surface area (Å²) in [6.45, 7) is 0. The Balaban J connectivity index is 2.16. The zero-order valence-electron chi connectivity index (χ0n) is 11.0. The lowest BCUT2D eigenvalue weighted by Crippen LogP contribution is -2.35. The molecular weight excluding hydrogens is 244 g/mol. The molecule has 1 atom stereocenters. The van der Waals surface area contributed by atoms with Crippen molar-refractivity contribution in [2.75, 3.05) is 14.2 Å². The van der Waals surface area contributed by atoms with E-state index in [9.17, 15) is 4.79 Å². The zero-order chi connectivity index (χ0) is 13.8. The second kappa shape index (κ2) is 5.61. The van der Waals surface area contributed by atoms with Crippen LogP contribution in [0, 0.1) is 17.2 Å². The van der Waals surface area contributed by atoms with Gasteiger partial charge in [0.15, 0.2) is 0 Å². The fraction of sp³-hybridized carbons (Fsp3) is 0.429. The van der Waals surface area contributed by atoms with Crippen LogP contribution in [-0.4, -0.2) is 26.2 Å². The fourth-order valence-corrected chi connectivity index (χ4v) is 1.89. The van der Waals surface area contributed by atoms with Crippen LogP contribution in [-0.2, 0) is 0 Å². The van der Waals surface area contributed by atoms with Gasteiger partial charge in [0.05, 0.1) is 25.9 Å². The lowest BCUT2D eigenvalue weighted by Gasteiger charge is -2.13. The highest BCUT2D eigenvalue weighted by molar-refractivity contribution is 5.97.